The van der Waals surface area contributed by atoms with Crippen molar-refractivity contribution in [2.45, 2.75) is 31.1 Å². The van der Waals surface area contributed by atoms with Crippen LogP contribution in [0.4, 0.5) is 8.78 Å². The molecule has 10 nitrogen and oxygen atoms in total. The molecule has 12 heteroatoms. The molecule has 0 unspecified atom stereocenters. The van der Waals surface area contributed by atoms with Crippen molar-refractivity contribution >= 4 is 5.82 Å². The summed E-state index contributed by atoms with van der Waals surface area (Å²) in [6.07, 6.45) is -3.23. The van der Waals surface area contributed by atoms with Crippen molar-refractivity contribution in [3.8, 4) is 0 Å². The number of nitrogens with zero attached hydrogens (tertiary/aromatic N) is 4. The molecule has 5 N–H and O–H groups in total. The van der Waals surface area contributed by atoms with E-state index in [2.05, 4.69) is 9.98 Å². The van der Waals surface area contributed by atoms with Gasteiger partial charge in [-0.2, -0.15) is 0 Å². The lowest BCUT2D eigenvalue weighted by Gasteiger charge is -2.24. The summed E-state index contributed by atoms with van der Waals surface area (Å²) < 4.78 is 34.4. The van der Waals surface area contributed by atoms with E-state index in [0.717, 1.165) is 17.2 Å². The van der Waals surface area contributed by atoms with Gasteiger partial charge in [0, 0.05) is 0 Å². The second-order valence-electron chi connectivity index (χ2n) is 6.59. The minimum absolute atomic E-state index is 0.0530. The molecule has 1 aromatic heterocycles. The van der Waals surface area contributed by atoms with Crippen molar-refractivity contribution in [2.75, 3.05) is 13.3 Å². The molecule has 2 aromatic rings. The zero-order valence-electron chi connectivity index (χ0n) is 15.0. The maximum atomic E-state index is 13.8. The van der Waals surface area contributed by atoms with Gasteiger partial charge in [0.2, 0.25) is 0 Å². The Hall–Kier alpha value is -2.64. The first kappa shape index (κ1) is 19.7. The summed E-state index contributed by atoms with van der Waals surface area (Å²) in [6.45, 7) is -0.972. The highest BCUT2D eigenvalue weighted by Crippen LogP contribution is 2.27. The van der Waals surface area contributed by atoms with Gasteiger partial charge in [-0.3, -0.25) is 9.40 Å². The van der Waals surface area contributed by atoms with Gasteiger partial charge in [0.25, 0.3) is 0 Å². The van der Waals surface area contributed by atoms with Gasteiger partial charge < -0.3 is 25.8 Å². The van der Waals surface area contributed by atoms with E-state index in [9.17, 15) is 24.1 Å². The van der Waals surface area contributed by atoms with Gasteiger partial charge in [0.05, 0.1) is 18.5 Å². The molecule has 1 aromatic carbocycles. The zero-order chi connectivity index (χ0) is 20.7. The van der Waals surface area contributed by atoms with Crippen LogP contribution >= 0.6 is 0 Å². The fourth-order valence-corrected chi connectivity index (χ4v) is 3.24. The molecule has 0 bridgehead atoms. The number of hydrogen-bond acceptors (Lipinski definition) is 9. The van der Waals surface area contributed by atoms with Crippen LogP contribution in [0.25, 0.3) is 5.82 Å². The molecule has 0 saturated carbocycles. The third-order valence-electron chi connectivity index (χ3n) is 4.85. The Morgan fingerprint density at radius 3 is 2.62 bits per heavy atom. The predicted octanol–water partition coefficient (Wildman–Crippen LogP) is -2.18. The van der Waals surface area contributed by atoms with E-state index in [1.807, 2.05) is 0 Å². The number of aromatic nitrogens is 2. The summed E-state index contributed by atoms with van der Waals surface area (Å²) in [7, 11) is 0. The Morgan fingerprint density at radius 2 is 1.97 bits per heavy atom. The monoisotopic (exact) mass is 411 g/mol. The molecule has 2 aliphatic heterocycles. The standard InChI is InChI=1S/C17H19F2N5O5/c18-9-2-1-3-10(19)8(9)5-28-24-7-22-16-12(15(24)20)21-6-23(16)17-14(27)13(26)11(4-25)29-17/h1-3,6,11,13-14,17,25-27H,4-5,7,20H2/t11-,13-,14-,17-/m1/s1. The topological polar surface area (TPSA) is 139 Å². The Morgan fingerprint density at radius 1 is 1.24 bits per heavy atom. The highest BCUT2D eigenvalue weighted by atomic mass is 19.1. The first-order valence-electron chi connectivity index (χ1n) is 8.75. The number of hydrogen-bond donors (Lipinski definition) is 4. The van der Waals surface area contributed by atoms with E-state index in [-0.39, 0.29) is 28.9 Å². The summed E-state index contributed by atoms with van der Waals surface area (Å²) in [5.74, 6) is -1.43. The number of halogens is 2. The van der Waals surface area contributed by atoms with Crippen molar-refractivity contribution in [2.24, 2.45) is 10.7 Å². The van der Waals surface area contributed by atoms with Crippen LogP contribution in [-0.4, -0.2) is 61.5 Å². The molecule has 0 radical (unpaired) electrons. The molecule has 156 valence electrons. The van der Waals surface area contributed by atoms with Gasteiger partial charge >= 0.3 is 0 Å². The highest BCUT2D eigenvalue weighted by molar-refractivity contribution is 5.34. The zero-order valence-corrected chi connectivity index (χ0v) is 15.0. The number of fused-ring (bicyclic) bond motifs is 1. The lowest BCUT2D eigenvalue weighted by molar-refractivity contribution is -0.125. The Labute approximate surface area is 162 Å². The van der Waals surface area contributed by atoms with Crippen molar-refractivity contribution in [1.29, 1.82) is 0 Å². The van der Waals surface area contributed by atoms with Crippen molar-refractivity contribution in [1.82, 2.24) is 14.6 Å². The Bertz CT molecular complexity index is 1010. The molecular formula is C17H19F2N5O5. The van der Waals surface area contributed by atoms with Gasteiger partial charge in [-0.1, -0.05) is 6.07 Å². The lowest BCUT2D eigenvalue weighted by atomic mass is 10.1. The normalized spacial score (nSPS) is 26.5. The van der Waals surface area contributed by atoms with Crippen LogP contribution in [0.15, 0.2) is 29.5 Å². The van der Waals surface area contributed by atoms with E-state index in [1.165, 1.54) is 17.0 Å². The number of ether oxygens (including phenoxy) is 1. The van der Waals surface area contributed by atoms with E-state index in [1.54, 1.807) is 0 Å². The van der Waals surface area contributed by atoms with Crippen LogP contribution in [0.5, 0.6) is 0 Å². The van der Waals surface area contributed by atoms with Crippen LogP contribution in [-0.2, 0) is 16.2 Å². The molecule has 0 amide bonds. The summed E-state index contributed by atoms with van der Waals surface area (Å²) in [6, 6.07) is 3.49. The maximum Gasteiger partial charge on any atom is 0.165 e. The number of aliphatic hydroxyl groups excluding tert-OH is 3. The maximum absolute atomic E-state index is 13.8. The predicted molar refractivity (Wildman–Crippen MR) is 91.5 cm³/mol. The third kappa shape index (κ3) is 3.34. The molecule has 0 aliphatic carbocycles. The van der Waals surface area contributed by atoms with E-state index in [0.29, 0.717) is 0 Å². The summed E-state index contributed by atoms with van der Waals surface area (Å²) in [4.78, 5) is 13.8. The SMILES string of the molecule is NC1=c2ncn([C@@H]3O[C@H](CO)[C@@H](O)[C@H]3O)c2=NCN1OCc1c(F)cccc1F. The van der Waals surface area contributed by atoms with Crippen LogP contribution in [0.3, 0.4) is 0 Å². The molecule has 1 saturated heterocycles. The quantitative estimate of drug-likeness (QED) is 0.436. The second kappa shape index (κ2) is 7.65. The van der Waals surface area contributed by atoms with Crippen molar-refractivity contribution < 1.29 is 33.7 Å². The molecule has 3 heterocycles. The van der Waals surface area contributed by atoms with E-state index < -0.39 is 49.4 Å². The number of rotatable bonds is 5. The average molecular weight is 411 g/mol. The van der Waals surface area contributed by atoms with Crippen LogP contribution in [0.1, 0.15) is 11.8 Å². The molecule has 2 aliphatic rings. The number of aliphatic hydroxyl groups is 3. The van der Waals surface area contributed by atoms with Crippen molar-refractivity contribution in [3.63, 3.8) is 0 Å². The second-order valence-corrected chi connectivity index (χ2v) is 6.59. The van der Waals surface area contributed by atoms with Gasteiger partial charge in [-0.25, -0.2) is 23.8 Å². The number of hydroxylamine groups is 2. The highest BCUT2D eigenvalue weighted by Gasteiger charge is 2.44. The molecule has 4 atom stereocenters. The first-order valence-corrected chi connectivity index (χ1v) is 8.75. The molecule has 1 fully saturated rings. The lowest BCUT2D eigenvalue weighted by Crippen LogP contribution is -2.47. The van der Waals surface area contributed by atoms with Crippen molar-refractivity contribution in [3.05, 3.63) is 52.6 Å². The van der Waals surface area contributed by atoms with Crippen LogP contribution < -0.4 is 16.6 Å². The van der Waals surface area contributed by atoms with Gasteiger partial charge in [0.1, 0.15) is 48.6 Å². The minimum Gasteiger partial charge on any atom is -0.394 e. The fraction of sp³-hybridized carbons (Fsp3) is 0.412. The smallest absolute Gasteiger partial charge is 0.165 e. The van der Waals surface area contributed by atoms with E-state index >= 15 is 0 Å². The Balaban J connectivity index is 1.58. The molecular weight excluding hydrogens is 392 g/mol. The largest absolute Gasteiger partial charge is 0.394 e. The minimum atomic E-state index is -1.31. The number of nitrogens with two attached hydrogens (primary N) is 1. The molecule has 29 heavy (non-hydrogen) atoms. The number of imidazole rings is 1. The van der Waals surface area contributed by atoms with Gasteiger partial charge in [0.15, 0.2) is 17.5 Å². The average Bonchev–Trinajstić information content (AvgIpc) is 3.25. The third-order valence-corrected chi connectivity index (χ3v) is 4.85. The summed E-state index contributed by atoms with van der Waals surface area (Å²) in [5.41, 5.74) is 6.09. The van der Waals surface area contributed by atoms with E-state index in [4.69, 9.17) is 15.3 Å². The molecule has 0 spiro atoms. The first-order chi connectivity index (χ1) is 13.9. The van der Waals surface area contributed by atoms with Gasteiger partial charge in [-0.05, 0) is 12.1 Å². The molecule has 4 rings (SSSR count). The summed E-state index contributed by atoms with van der Waals surface area (Å²) in [5, 5.41) is 30.7. The number of benzene rings is 1. The van der Waals surface area contributed by atoms with Crippen LogP contribution in [0, 0.1) is 11.6 Å². The summed E-state index contributed by atoms with van der Waals surface area (Å²) >= 11 is 0. The Kier molecular flexibility index (Phi) is 5.19. The fourth-order valence-electron chi connectivity index (χ4n) is 3.24. The van der Waals surface area contributed by atoms with Gasteiger partial charge in [-0.15, -0.1) is 0 Å². The van der Waals surface area contributed by atoms with Crippen LogP contribution in [0.2, 0.25) is 0 Å².